The number of hydrogen-bond donors (Lipinski definition) is 2. The second-order valence-electron chi connectivity index (χ2n) is 6.65. The van der Waals surface area contributed by atoms with Crippen molar-refractivity contribution in [3.05, 3.63) is 60.0 Å². The zero-order valence-electron chi connectivity index (χ0n) is 14.6. The summed E-state index contributed by atoms with van der Waals surface area (Å²) >= 11 is 0. The number of H-pyrrole nitrogens is 1. The molecule has 1 fully saturated rings. The van der Waals surface area contributed by atoms with Crippen molar-refractivity contribution in [1.29, 1.82) is 0 Å². The van der Waals surface area contributed by atoms with Crippen LogP contribution in [-0.4, -0.2) is 52.7 Å². The van der Waals surface area contributed by atoms with E-state index in [2.05, 4.69) is 9.97 Å². The molecular weight excluding hydrogens is 330 g/mol. The molecule has 2 aromatic heterocycles. The number of likely N-dealkylation sites (tertiary alicyclic amines) is 1. The summed E-state index contributed by atoms with van der Waals surface area (Å²) in [5, 5.41) is 10.7. The molecule has 0 bridgehead atoms. The van der Waals surface area contributed by atoms with E-state index in [0.717, 1.165) is 22.3 Å². The largest absolute Gasteiger partial charge is 0.497 e. The number of aliphatic hydroxyl groups excluding tert-OH is 1. The number of ether oxygens (including phenoxy) is 1. The van der Waals surface area contributed by atoms with Crippen LogP contribution >= 0.6 is 0 Å². The quantitative estimate of drug-likeness (QED) is 0.757. The summed E-state index contributed by atoms with van der Waals surface area (Å²) in [6.07, 6.45) is 1.75. The summed E-state index contributed by atoms with van der Waals surface area (Å²) in [6.45, 7) is 1.12. The van der Waals surface area contributed by atoms with Crippen LogP contribution in [0.3, 0.4) is 0 Å². The molecule has 0 aliphatic carbocycles. The predicted octanol–water partition coefficient (Wildman–Crippen LogP) is 2.42. The van der Waals surface area contributed by atoms with Crippen molar-refractivity contribution in [3.8, 4) is 5.75 Å². The van der Waals surface area contributed by atoms with Crippen molar-refractivity contribution in [2.75, 3.05) is 26.8 Å². The zero-order valence-corrected chi connectivity index (χ0v) is 14.6. The van der Waals surface area contributed by atoms with E-state index in [4.69, 9.17) is 4.74 Å². The van der Waals surface area contributed by atoms with Gasteiger partial charge in [-0.3, -0.25) is 9.78 Å². The maximum absolute atomic E-state index is 13.0. The number of nitrogens with one attached hydrogen (secondary N) is 1. The Bertz CT molecular complexity index is 922. The smallest absolute Gasteiger partial charge is 0.270 e. The number of pyridine rings is 1. The van der Waals surface area contributed by atoms with Crippen LogP contribution in [0.5, 0.6) is 5.75 Å². The van der Waals surface area contributed by atoms with Crippen LogP contribution in [0.4, 0.5) is 0 Å². The average Bonchev–Trinajstić information content (AvgIpc) is 3.31. The van der Waals surface area contributed by atoms with E-state index in [-0.39, 0.29) is 24.3 Å². The molecule has 1 aliphatic heterocycles. The van der Waals surface area contributed by atoms with Crippen LogP contribution in [-0.2, 0) is 0 Å². The summed E-state index contributed by atoms with van der Waals surface area (Å²) in [5.41, 5.74) is 2.33. The van der Waals surface area contributed by atoms with Crippen LogP contribution < -0.4 is 4.74 Å². The molecule has 134 valence electrons. The van der Waals surface area contributed by atoms with Gasteiger partial charge >= 0.3 is 0 Å². The number of hydrogen-bond acceptors (Lipinski definition) is 4. The average molecular weight is 351 g/mol. The van der Waals surface area contributed by atoms with Gasteiger partial charge in [-0.15, -0.1) is 0 Å². The molecule has 2 N–H and O–H groups in total. The lowest BCUT2D eigenvalue weighted by atomic mass is 9.93. The first-order valence-corrected chi connectivity index (χ1v) is 8.67. The van der Waals surface area contributed by atoms with Crippen molar-refractivity contribution in [2.45, 2.75) is 5.92 Å². The third kappa shape index (κ3) is 2.93. The van der Waals surface area contributed by atoms with E-state index in [1.54, 1.807) is 18.2 Å². The lowest BCUT2D eigenvalue weighted by Crippen LogP contribution is -2.29. The van der Waals surface area contributed by atoms with Gasteiger partial charge in [-0.05, 0) is 30.3 Å². The Morgan fingerprint density at radius 3 is 2.92 bits per heavy atom. The standard InChI is InChI=1S/C20H21N3O3/c1-26-15-6-5-13-8-19(22-18(13)9-15)20(25)23-10-14(12-24)16(11-23)17-4-2-3-7-21-17/h2-9,14,16,22,24H,10-12H2,1H3. The van der Waals surface area contributed by atoms with Crippen LogP contribution in [0, 0.1) is 5.92 Å². The fraction of sp³-hybridized carbons (Fsp3) is 0.300. The number of carbonyl (C=O) groups excluding carboxylic acids is 1. The Hall–Kier alpha value is -2.86. The van der Waals surface area contributed by atoms with Gasteiger partial charge in [-0.25, -0.2) is 0 Å². The van der Waals surface area contributed by atoms with E-state index in [1.165, 1.54) is 0 Å². The van der Waals surface area contributed by atoms with Crippen molar-refractivity contribution in [2.24, 2.45) is 5.92 Å². The fourth-order valence-electron chi connectivity index (χ4n) is 3.67. The SMILES string of the molecule is COc1ccc2cc(C(=O)N3CC(CO)C(c4ccccn4)C3)[nH]c2c1. The molecule has 0 saturated carbocycles. The molecule has 26 heavy (non-hydrogen) atoms. The minimum Gasteiger partial charge on any atom is -0.497 e. The van der Waals surface area contributed by atoms with Gasteiger partial charge in [0.15, 0.2) is 0 Å². The Morgan fingerprint density at radius 1 is 1.31 bits per heavy atom. The number of methoxy groups -OCH3 is 1. The summed E-state index contributed by atoms with van der Waals surface area (Å²) in [5.74, 6) is 0.736. The molecule has 6 heteroatoms. The highest BCUT2D eigenvalue weighted by atomic mass is 16.5. The highest BCUT2D eigenvalue weighted by Crippen LogP contribution is 2.32. The minimum absolute atomic E-state index is 0.00155. The second-order valence-corrected chi connectivity index (χ2v) is 6.65. The summed E-state index contributed by atoms with van der Waals surface area (Å²) < 4.78 is 5.23. The first-order chi connectivity index (χ1) is 12.7. The number of fused-ring (bicyclic) bond motifs is 1. The molecule has 1 amide bonds. The molecule has 2 atom stereocenters. The highest BCUT2D eigenvalue weighted by Gasteiger charge is 2.37. The number of rotatable bonds is 4. The van der Waals surface area contributed by atoms with Crippen molar-refractivity contribution < 1.29 is 14.6 Å². The third-order valence-corrected chi connectivity index (χ3v) is 5.09. The highest BCUT2D eigenvalue weighted by molar-refractivity contribution is 5.98. The van der Waals surface area contributed by atoms with E-state index in [9.17, 15) is 9.90 Å². The number of amides is 1. The van der Waals surface area contributed by atoms with Gasteiger partial charge in [0.2, 0.25) is 0 Å². The van der Waals surface area contributed by atoms with Crippen molar-refractivity contribution in [1.82, 2.24) is 14.9 Å². The van der Waals surface area contributed by atoms with E-state index in [0.29, 0.717) is 18.8 Å². The maximum Gasteiger partial charge on any atom is 0.270 e. The van der Waals surface area contributed by atoms with Gasteiger partial charge < -0.3 is 19.7 Å². The first kappa shape index (κ1) is 16.6. The lowest BCUT2D eigenvalue weighted by molar-refractivity contribution is 0.0776. The Balaban J connectivity index is 1.58. The molecule has 0 radical (unpaired) electrons. The van der Waals surface area contributed by atoms with Crippen LogP contribution in [0.25, 0.3) is 10.9 Å². The molecular formula is C20H21N3O3. The molecule has 4 rings (SSSR count). The first-order valence-electron chi connectivity index (χ1n) is 8.67. The number of benzene rings is 1. The topological polar surface area (TPSA) is 78.4 Å². The van der Waals surface area contributed by atoms with Gasteiger partial charge in [-0.2, -0.15) is 0 Å². The van der Waals surface area contributed by atoms with Crippen LogP contribution in [0.15, 0.2) is 48.7 Å². The molecule has 1 saturated heterocycles. The second kappa shape index (κ2) is 6.80. The monoisotopic (exact) mass is 351 g/mol. The molecule has 6 nitrogen and oxygen atoms in total. The Kier molecular flexibility index (Phi) is 4.34. The van der Waals surface area contributed by atoms with Gasteiger partial charge in [-0.1, -0.05) is 6.07 Å². The predicted molar refractivity (Wildman–Crippen MR) is 98.3 cm³/mol. The maximum atomic E-state index is 13.0. The summed E-state index contributed by atoms with van der Waals surface area (Å²) in [7, 11) is 1.62. The number of aromatic nitrogens is 2. The summed E-state index contributed by atoms with van der Waals surface area (Å²) in [6, 6.07) is 13.3. The molecule has 0 spiro atoms. The number of carbonyl (C=O) groups is 1. The number of aromatic amines is 1. The third-order valence-electron chi connectivity index (χ3n) is 5.09. The van der Waals surface area contributed by atoms with Crippen molar-refractivity contribution >= 4 is 16.8 Å². The van der Waals surface area contributed by atoms with Gasteiger partial charge in [0.05, 0.1) is 7.11 Å². The van der Waals surface area contributed by atoms with Crippen LogP contribution in [0.2, 0.25) is 0 Å². The number of nitrogens with zero attached hydrogens (tertiary/aromatic N) is 2. The molecule has 1 aromatic carbocycles. The van der Waals surface area contributed by atoms with E-state index in [1.807, 2.05) is 42.5 Å². The van der Waals surface area contributed by atoms with E-state index >= 15 is 0 Å². The number of aliphatic hydroxyl groups is 1. The Morgan fingerprint density at radius 2 is 2.19 bits per heavy atom. The van der Waals surface area contributed by atoms with Gasteiger partial charge in [0, 0.05) is 60.4 Å². The lowest BCUT2D eigenvalue weighted by Gasteiger charge is -2.15. The Labute approximate surface area is 151 Å². The zero-order chi connectivity index (χ0) is 18.1. The normalized spacial score (nSPS) is 19.8. The molecule has 3 heterocycles. The van der Waals surface area contributed by atoms with Gasteiger partial charge in [0.25, 0.3) is 5.91 Å². The van der Waals surface area contributed by atoms with Crippen molar-refractivity contribution in [3.63, 3.8) is 0 Å². The summed E-state index contributed by atoms with van der Waals surface area (Å²) in [4.78, 5) is 22.4. The fourth-order valence-corrected chi connectivity index (χ4v) is 3.67. The molecule has 3 aromatic rings. The minimum atomic E-state index is -0.0583. The van der Waals surface area contributed by atoms with Crippen LogP contribution in [0.1, 0.15) is 22.1 Å². The molecule has 2 unspecified atom stereocenters. The molecule has 1 aliphatic rings. The van der Waals surface area contributed by atoms with Gasteiger partial charge in [0.1, 0.15) is 11.4 Å². The van der Waals surface area contributed by atoms with E-state index < -0.39 is 0 Å².